The molecular weight excluding hydrogens is 310 g/mol. The summed E-state index contributed by atoms with van der Waals surface area (Å²) in [5.41, 5.74) is 2.83. The third-order valence-electron chi connectivity index (χ3n) is 4.81. The Kier molecular flexibility index (Phi) is 4.32. The number of rotatable bonds is 3. The fourth-order valence-electron chi connectivity index (χ4n) is 3.49. The number of fused-ring (bicyclic) bond motifs is 1. The van der Waals surface area contributed by atoms with E-state index in [1.54, 1.807) is 0 Å². The molecule has 2 aromatic heterocycles. The molecular formula is C20H23N5. The molecule has 5 nitrogen and oxygen atoms in total. The average molecular weight is 333 g/mol. The number of aryl methyl sites for hydroxylation is 1. The van der Waals surface area contributed by atoms with Gasteiger partial charge < -0.3 is 10.2 Å². The first-order chi connectivity index (χ1) is 12.2. The molecule has 1 aliphatic heterocycles. The van der Waals surface area contributed by atoms with Crippen LogP contribution in [0.25, 0.3) is 22.2 Å². The van der Waals surface area contributed by atoms with Gasteiger partial charge in [-0.25, -0.2) is 0 Å². The van der Waals surface area contributed by atoms with Crippen LogP contribution in [0.2, 0.25) is 0 Å². The van der Waals surface area contributed by atoms with Gasteiger partial charge >= 0.3 is 0 Å². The van der Waals surface area contributed by atoms with Gasteiger partial charge in [-0.1, -0.05) is 30.3 Å². The van der Waals surface area contributed by atoms with Crippen LogP contribution in [0.1, 0.15) is 18.4 Å². The molecule has 0 unspecified atom stereocenters. The van der Waals surface area contributed by atoms with Crippen LogP contribution in [0.15, 0.2) is 42.6 Å². The number of anilines is 1. The molecule has 25 heavy (non-hydrogen) atoms. The zero-order valence-electron chi connectivity index (χ0n) is 14.7. The SMILES string of the molecule is Cc1ccc(-c2nnc(N[C@@H]3CCCN(C)C3)c3ccccc23)nc1. The van der Waals surface area contributed by atoms with Crippen LogP contribution < -0.4 is 5.32 Å². The van der Waals surface area contributed by atoms with E-state index >= 15 is 0 Å². The Morgan fingerprint density at radius 3 is 2.68 bits per heavy atom. The zero-order valence-corrected chi connectivity index (χ0v) is 14.7. The lowest BCUT2D eigenvalue weighted by molar-refractivity contribution is 0.261. The Morgan fingerprint density at radius 2 is 1.92 bits per heavy atom. The van der Waals surface area contributed by atoms with Gasteiger partial charge in [0.2, 0.25) is 0 Å². The summed E-state index contributed by atoms with van der Waals surface area (Å²) in [6, 6.07) is 12.8. The molecule has 0 bridgehead atoms. The zero-order chi connectivity index (χ0) is 17.2. The number of nitrogens with zero attached hydrogens (tertiary/aromatic N) is 4. The minimum atomic E-state index is 0.416. The largest absolute Gasteiger partial charge is 0.364 e. The predicted molar refractivity (Wildman–Crippen MR) is 102 cm³/mol. The summed E-state index contributed by atoms with van der Waals surface area (Å²) >= 11 is 0. The van der Waals surface area contributed by atoms with Crippen LogP contribution >= 0.6 is 0 Å². The molecule has 0 radical (unpaired) electrons. The normalized spacial score (nSPS) is 18.4. The number of aromatic nitrogens is 3. The molecule has 1 aliphatic rings. The summed E-state index contributed by atoms with van der Waals surface area (Å²) < 4.78 is 0. The molecule has 0 amide bonds. The van der Waals surface area contributed by atoms with Gasteiger partial charge in [0.15, 0.2) is 5.82 Å². The highest BCUT2D eigenvalue weighted by Gasteiger charge is 2.19. The Hall–Kier alpha value is -2.53. The summed E-state index contributed by atoms with van der Waals surface area (Å²) in [6.07, 6.45) is 4.25. The van der Waals surface area contributed by atoms with Gasteiger partial charge in [-0.05, 0) is 45.0 Å². The molecule has 1 atom stereocenters. The summed E-state index contributed by atoms with van der Waals surface area (Å²) in [4.78, 5) is 6.89. The Morgan fingerprint density at radius 1 is 1.08 bits per heavy atom. The van der Waals surface area contributed by atoms with Crippen molar-refractivity contribution in [1.82, 2.24) is 20.1 Å². The van der Waals surface area contributed by atoms with E-state index in [9.17, 15) is 0 Å². The molecule has 0 spiro atoms. The molecule has 5 heteroatoms. The van der Waals surface area contributed by atoms with Gasteiger partial charge in [-0.3, -0.25) is 4.98 Å². The average Bonchev–Trinajstić information content (AvgIpc) is 2.63. The van der Waals surface area contributed by atoms with Crippen LogP contribution in [-0.4, -0.2) is 46.3 Å². The van der Waals surface area contributed by atoms with E-state index in [1.165, 1.54) is 19.4 Å². The third-order valence-corrected chi connectivity index (χ3v) is 4.81. The van der Waals surface area contributed by atoms with E-state index in [2.05, 4.69) is 56.7 Å². The Bertz CT molecular complexity index is 875. The van der Waals surface area contributed by atoms with Gasteiger partial charge in [-0.15, -0.1) is 10.2 Å². The number of hydrogen-bond acceptors (Lipinski definition) is 5. The number of likely N-dealkylation sites (tertiary alicyclic amines) is 1. The minimum absolute atomic E-state index is 0.416. The van der Waals surface area contributed by atoms with Gasteiger partial charge in [0.1, 0.15) is 5.69 Å². The second kappa shape index (κ2) is 6.76. The smallest absolute Gasteiger partial charge is 0.156 e. The summed E-state index contributed by atoms with van der Waals surface area (Å²) in [5, 5.41) is 14.8. The lowest BCUT2D eigenvalue weighted by atomic mass is 10.0. The van der Waals surface area contributed by atoms with E-state index in [0.29, 0.717) is 6.04 Å². The standard InChI is InChI=1S/C20H23N5/c1-14-9-10-18(21-12-14)19-16-7-3-4-8-17(16)20(24-23-19)22-15-6-5-11-25(2)13-15/h3-4,7-10,12,15H,5-6,11,13H2,1-2H3,(H,22,24)/t15-/m1/s1. The highest BCUT2D eigenvalue weighted by molar-refractivity contribution is 5.99. The van der Waals surface area contributed by atoms with Crippen molar-refractivity contribution in [3.8, 4) is 11.4 Å². The quantitative estimate of drug-likeness (QED) is 0.795. The number of benzene rings is 1. The van der Waals surface area contributed by atoms with E-state index in [0.717, 1.165) is 40.1 Å². The topological polar surface area (TPSA) is 53.9 Å². The van der Waals surface area contributed by atoms with Gasteiger partial charge in [-0.2, -0.15) is 0 Å². The molecule has 3 heterocycles. The van der Waals surface area contributed by atoms with Gasteiger partial charge in [0.05, 0.1) is 5.69 Å². The molecule has 0 saturated carbocycles. The first kappa shape index (κ1) is 16.0. The van der Waals surface area contributed by atoms with Crippen molar-refractivity contribution in [3.05, 3.63) is 48.2 Å². The van der Waals surface area contributed by atoms with Crippen LogP contribution in [0.4, 0.5) is 5.82 Å². The lowest BCUT2D eigenvalue weighted by Crippen LogP contribution is -2.40. The highest BCUT2D eigenvalue weighted by Crippen LogP contribution is 2.29. The van der Waals surface area contributed by atoms with Crippen molar-refractivity contribution in [2.24, 2.45) is 0 Å². The predicted octanol–water partition coefficient (Wildman–Crippen LogP) is 3.51. The first-order valence-corrected chi connectivity index (χ1v) is 8.84. The molecule has 0 aliphatic carbocycles. The number of pyridine rings is 1. The number of likely N-dealkylation sites (N-methyl/N-ethyl adjacent to an activating group) is 1. The van der Waals surface area contributed by atoms with E-state index in [4.69, 9.17) is 0 Å². The molecule has 1 fully saturated rings. The second-order valence-electron chi connectivity index (χ2n) is 6.91. The van der Waals surface area contributed by atoms with Crippen molar-refractivity contribution in [2.75, 3.05) is 25.5 Å². The molecule has 3 aromatic rings. The van der Waals surface area contributed by atoms with Crippen molar-refractivity contribution in [3.63, 3.8) is 0 Å². The van der Waals surface area contributed by atoms with Crippen LogP contribution in [0.3, 0.4) is 0 Å². The van der Waals surface area contributed by atoms with E-state index in [1.807, 2.05) is 25.3 Å². The van der Waals surface area contributed by atoms with Crippen molar-refractivity contribution < 1.29 is 0 Å². The molecule has 1 saturated heterocycles. The minimum Gasteiger partial charge on any atom is -0.364 e. The maximum absolute atomic E-state index is 4.52. The maximum Gasteiger partial charge on any atom is 0.156 e. The number of hydrogen-bond donors (Lipinski definition) is 1. The highest BCUT2D eigenvalue weighted by atomic mass is 15.2. The van der Waals surface area contributed by atoms with Crippen LogP contribution in [0.5, 0.6) is 0 Å². The molecule has 128 valence electrons. The van der Waals surface area contributed by atoms with Crippen molar-refractivity contribution in [1.29, 1.82) is 0 Å². The van der Waals surface area contributed by atoms with Gasteiger partial charge in [0.25, 0.3) is 0 Å². The second-order valence-corrected chi connectivity index (χ2v) is 6.91. The number of piperidine rings is 1. The Balaban J connectivity index is 1.73. The molecule has 1 aromatic carbocycles. The summed E-state index contributed by atoms with van der Waals surface area (Å²) in [5.74, 6) is 0.867. The first-order valence-electron chi connectivity index (χ1n) is 8.84. The van der Waals surface area contributed by atoms with E-state index in [-0.39, 0.29) is 0 Å². The summed E-state index contributed by atoms with van der Waals surface area (Å²) in [7, 11) is 2.17. The maximum atomic E-state index is 4.52. The lowest BCUT2D eigenvalue weighted by Gasteiger charge is -2.30. The van der Waals surface area contributed by atoms with Crippen LogP contribution in [0, 0.1) is 6.92 Å². The van der Waals surface area contributed by atoms with E-state index < -0.39 is 0 Å². The fourth-order valence-corrected chi connectivity index (χ4v) is 3.49. The molecule has 1 N–H and O–H groups in total. The Labute approximate surface area is 148 Å². The summed E-state index contributed by atoms with van der Waals surface area (Å²) in [6.45, 7) is 4.24. The number of nitrogens with one attached hydrogen (secondary N) is 1. The van der Waals surface area contributed by atoms with Crippen molar-refractivity contribution >= 4 is 16.6 Å². The van der Waals surface area contributed by atoms with Crippen LogP contribution in [-0.2, 0) is 0 Å². The molecule has 4 rings (SSSR count). The third kappa shape index (κ3) is 3.33. The fraction of sp³-hybridized carbons (Fsp3) is 0.350. The van der Waals surface area contributed by atoms with Gasteiger partial charge in [0, 0.05) is 29.6 Å². The monoisotopic (exact) mass is 333 g/mol. The van der Waals surface area contributed by atoms with Crippen molar-refractivity contribution in [2.45, 2.75) is 25.8 Å².